The van der Waals surface area contributed by atoms with Gasteiger partial charge in [0.25, 0.3) is 0 Å². The zero-order valence-electron chi connectivity index (χ0n) is 24.0. The van der Waals surface area contributed by atoms with Gasteiger partial charge in [0.15, 0.2) is 11.5 Å². The quantitative estimate of drug-likeness (QED) is 0.153. The molecular weight excluding hydrogens is 648 g/mol. The number of carbonyl (C=O) groups excluding carboxylic acids is 1. The number of aromatic nitrogens is 4. The molecule has 228 valence electrons. The Hall–Kier alpha value is -3.38. The summed E-state index contributed by atoms with van der Waals surface area (Å²) in [6, 6.07) is 2.82. The summed E-state index contributed by atoms with van der Waals surface area (Å²) < 4.78 is 17.1. The predicted molar refractivity (Wildman–Crippen MR) is 175 cm³/mol. The van der Waals surface area contributed by atoms with E-state index >= 15 is 4.39 Å². The molecule has 0 aliphatic carbocycles. The molecule has 1 fully saturated rings. The van der Waals surface area contributed by atoms with E-state index in [1.807, 2.05) is 25.7 Å². The molecule has 5 heterocycles. The van der Waals surface area contributed by atoms with E-state index in [1.54, 1.807) is 17.2 Å². The van der Waals surface area contributed by atoms with E-state index in [4.69, 9.17) is 45.5 Å². The summed E-state index contributed by atoms with van der Waals surface area (Å²) in [4.78, 5) is 45.0. The summed E-state index contributed by atoms with van der Waals surface area (Å²) >= 11 is 21.0. The molecule has 4 aromatic rings. The predicted octanol–water partition coefficient (Wildman–Crippen LogP) is 6.26. The lowest BCUT2D eigenvalue weighted by Gasteiger charge is -2.41. The zero-order chi connectivity index (χ0) is 31.6. The van der Waals surface area contributed by atoms with Gasteiger partial charge in [-0.15, -0.1) is 11.8 Å². The highest BCUT2D eigenvalue weighted by Gasteiger charge is 2.37. The summed E-state index contributed by atoms with van der Waals surface area (Å²) in [6.07, 6.45) is 2.98. The average Bonchev–Trinajstić information content (AvgIpc) is 3.15. The molecule has 1 amide bonds. The van der Waals surface area contributed by atoms with Crippen molar-refractivity contribution in [3.63, 3.8) is 0 Å². The van der Waals surface area contributed by atoms with Crippen molar-refractivity contribution >= 4 is 75.0 Å². The molecule has 0 radical (unpaired) electrons. The molecular formula is C30H27Cl3FN7O2S. The van der Waals surface area contributed by atoms with E-state index in [0.29, 0.717) is 52.9 Å². The van der Waals surface area contributed by atoms with Crippen molar-refractivity contribution in [2.45, 2.75) is 37.6 Å². The lowest BCUT2D eigenvalue weighted by atomic mass is 10.0. The molecule has 9 nitrogen and oxygen atoms in total. The Morgan fingerprint density at radius 3 is 2.68 bits per heavy atom. The third-order valence-electron chi connectivity index (χ3n) is 7.94. The van der Waals surface area contributed by atoms with Crippen molar-refractivity contribution in [2.75, 3.05) is 36.0 Å². The third kappa shape index (κ3) is 4.81. The minimum Gasteiger partial charge on any atom is -0.397 e. The first-order valence-electron chi connectivity index (χ1n) is 13.8. The van der Waals surface area contributed by atoms with Crippen molar-refractivity contribution in [1.29, 1.82) is 0 Å². The molecule has 2 aliphatic rings. The summed E-state index contributed by atoms with van der Waals surface area (Å²) in [5, 5.41) is 0.424. The summed E-state index contributed by atoms with van der Waals surface area (Å²) in [5.41, 5.74) is 7.62. The van der Waals surface area contributed by atoms with Crippen molar-refractivity contribution in [2.24, 2.45) is 0 Å². The van der Waals surface area contributed by atoms with Gasteiger partial charge in [-0.3, -0.25) is 9.78 Å². The van der Waals surface area contributed by atoms with Crippen molar-refractivity contribution in [3.8, 4) is 16.9 Å². The van der Waals surface area contributed by atoms with Crippen LogP contribution in [0.2, 0.25) is 15.1 Å². The van der Waals surface area contributed by atoms with E-state index in [-0.39, 0.29) is 55.5 Å². The van der Waals surface area contributed by atoms with Gasteiger partial charge in [0.2, 0.25) is 5.91 Å². The number of nitrogen functional groups attached to an aromatic ring is 1. The zero-order valence-corrected chi connectivity index (χ0v) is 27.1. The second-order valence-corrected chi connectivity index (χ2v) is 13.2. The Balaban J connectivity index is 1.74. The molecule has 6 rings (SSSR count). The van der Waals surface area contributed by atoms with Gasteiger partial charge < -0.3 is 15.5 Å². The molecule has 1 unspecified atom stereocenters. The number of rotatable bonds is 4. The topological polar surface area (TPSA) is 110 Å². The number of hydrogen-bond acceptors (Lipinski definition) is 8. The third-order valence-corrected chi connectivity index (χ3v) is 10.3. The number of nitrogens with two attached hydrogens (primary N) is 1. The van der Waals surface area contributed by atoms with Crippen LogP contribution in [0.3, 0.4) is 0 Å². The van der Waals surface area contributed by atoms with E-state index in [2.05, 4.69) is 16.5 Å². The van der Waals surface area contributed by atoms with E-state index < -0.39 is 11.5 Å². The number of hydrogen-bond donors (Lipinski definition) is 1. The van der Waals surface area contributed by atoms with Crippen LogP contribution in [0, 0.1) is 12.7 Å². The highest BCUT2D eigenvalue weighted by Crippen LogP contribution is 2.48. The van der Waals surface area contributed by atoms with Crippen molar-refractivity contribution < 1.29 is 9.18 Å². The second kappa shape index (κ2) is 11.5. The molecule has 0 spiro atoms. The van der Waals surface area contributed by atoms with Gasteiger partial charge >= 0.3 is 5.69 Å². The van der Waals surface area contributed by atoms with Gasteiger partial charge in [0.1, 0.15) is 5.82 Å². The van der Waals surface area contributed by atoms with Crippen LogP contribution in [-0.2, 0) is 4.79 Å². The first-order chi connectivity index (χ1) is 20.9. The average molecular weight is 675 g/mol. The molecule has 14 heteroatoms. The fourth-order valence-electron chi connectivity index (χ4n) is 5.80. The highest BCUT2D eigenvalue weighted by molar-refractivity contribution is 7.99. The number of thioether (sulfide) groups is 1. The summed E-state index contributed by atoms with van der Waals surface area (Å²) in [5.74, 6) is -0.191. The van der Waals surface area contributed by atoms with Crippen LogP contribution in [-0.4, -0.2) is 61.8 Å². The molecule has 0 saturated carbocycles. The second-order valence-electron chi connectivity index (χ2n) is 11.0. The molecule has 0 bridgehead atoms. The Morgan fingerprint density at radius 1 is 1.23 bits per heavy atom. The van der Waals surface area contributed by atoms with Gasteiger partial charge in [-0.05, 0) is 36.6 Å². The van der Waals surface area contributed by atoms with Gasteiger partial charge in [-0.25, -0.2) is 18.7 Å². The van der Waals surface area contributed by atoms with Crippen LogP contribution < -0.4 is 16.3 Å². The summed E-state index contributed by atoms with van der Waals surface area (Å²) in [7, 11) is 0. The van der Waals surface area contributed by atoms with Gasteiger partial charge in [-0.1, -0.05) is 55.2 Å². The van der Waals surface area contributed by atoms with E-state index in [1.165, 1.54) is 28.5 Å². The number of piperazine rings is 1. The van der Waals surface area contributed by atoms with Gasteiger partial charge in [0.05, 0.1) is 54.8 Å². The fraction of sp³-hybridized carbons (Fsp3) is 0.300. The van der Waals surface area contributed by atoms with Crippen LogP contribution in [0.4, 0.5) is 15.9 Å². The summed E-state index contributed by atoms with van der Waals surface area (Å²) in [6.45, 7) is 10.7. The number of aryl methyl sites for hydroxylation is 1. The Labute approximate surface area is 271 Å². The Bertz CT molecular complexity index is 1920. The number of benzene rings is 1. The normalized spacial score (nSPS) is 16.3. The van der Waals surface area contributed by atoms with E-state index in [9.17, 15) is 9.59 Å². The SMILES string of the molecule is C=CC(=O)N1CCN2c3nc(=O)n(-c4c(C)ccnc4C(C)C)c4nc(-c5c(N)c(Cl)cc(Cl)c5F)c(Cl)c(c34)SCC2C1. The fourth-order valence-corrected chi connectivity index (χ4v) is 7.85. The maximum atomic E-state index is 15.7. The lowest BCUT2D eigenvalue weighted by molar-refractivity contribution is -0.126. The Kier molecular flexibility index (Phi) is 8.02. The number of halogens is 4. The maximum absolute atomic E-state index is 15.7. The van der Waals surface area contributed by atoms with Gasteiger partial charge in [0, 0.05) is 36.5 Å². The van der Waals surface area contributed by atoms with Crippen molar-refractivity contribution in [3.05, 3.63) is 73.6 Å². The highest BCUT2D eigenvalue weighted by atomic mass is 35.5. The van der Waals surface area contributed by atoms with Crippen LogP contribution in [0.1, 0.15) is 31.0 Å². The molecule has 1 aromatic carbocycles. The number of pyridine rings is 2. The number of fused-ring (bicyclic) bond motifs is 2. The smallest absolute Gasteiger partial charge is 0.355 e. The maximum Gasteiger partial charge on any atom is 0.355 e. The largest absolute Gasteiger partial charge is 0.397 e. The molecule has 3 aromatic heterocycles. The lowest BCUT2D eigenvalue weighted by Crippen LogP contribution is -2.56. The molecule has 2 N–H and O–H groups in total. The first kappa shape index (κ1) is 30.6. The number of anilines is 2. The number of nitrogens with zero attached hydrogens (tertiary/aromatic N) is 6. The molecule has 1 saturated heterocycles. The number of carbonyl (C=O) groups is 1. The van der Waals surface area contributed by atoms with Crippen molar-refractivity contribution in [1.82, 2.24) is 24.4 Å². The van der Waals surface area contributed by atoms with Crippen LogP contribution in [0.5, 0.6) is 0 Å². The standard InChI is InChI=1S/C30H27Cl3FN7O2S/c1-5-18(42)39-8-9-40-15(11-39)12-44-27-20-28(40)38-30(43)41(26-14(4)6-7-36-24(26)13(2)3)29(20)37-25(21(27)33)19-22(34)16(31)10-17(32)23(19)35/h5-7,10,13,15H,1,8-9,11-12,35H2,2-4H3. The van der Waals surface area contributed by atoms with E-state index in [0.717, 1.165) is 5.56 Å². The molecule has 1 atom stereocenters. The van der Waals surface area contributed by atoms with Crippen LogP contribution in [0.25, 0.3) is 28.0 Å². The molecule has 44 heavy (non-hydrogen) atoms. The first-order valence-corrected chi connectivity index (χ1v) is 15.9. The molecule has 2 aliphatic heterocycles. The van der Waals surface area contributed by atoms with Crippen LogP contribution in [0.15, 0.2) is 40.7 Å². The Morgan fingerprint density at radius 2 is 1.98 bits per heavy atom. The van der Waals surface area contributed by atoms with Gasteiger partial charge in [-0.2, -0.15) is 4.98 Å². The minimum absolute atomic E-state index is 0.0117. The van der Waals surface area contributed by atoms with Crippen LogP contribution >= 0.6 is 46.6 Å². The monoisotopic (exact) mass is 673 g/mol. The number of amides is 1. The minimum atomic E-state index is -0.840.